The van der Waals surface area contributed by atoms with Gasteiger partial charge in [-0.05, 0) is 216 Å². The first-order chi connectivity index (χ1) is 32.3. The highest BCUT2D eigenvalue weighted by atomic mass is 16.3. The first-order valence-electron chi connectivity index (χ1n) is 28.5. The van der Waals surface area contributed by atoms with Crippen molar-refractivity contribution in [3.8, 4) is 0 Å². The molecule has 10 nitrogen and oxygen atoms in total. The standard InChI is InChI=1S/C56H95N7O3/c1-56(51-34-46(40-60-24-12-4-13-25-60)54(64)47(35-51)41-61-26-14-5-15-27-61,52-36-48(42-62-28-16-6-17-29-62)55(65)49(37-52)43-63-30-18-7-19-31-63)50-32-44(38-58-20-8-2-9-21-58)53(57-66)45(33-50)39-59-22-10-3-11-23-59/h34,36,44-47,50,52-54,64-65H,2-33,35,37-43H2,1H3/t44?,45?,46?,47?,50?,52?,53?,54?,56-/m1/s1. The number of piperidine rings is 6. The maximum Gasteiger partial charge on any atom is 0.120 e. The van der Waals surface area contributed by atoms with E-state index in [9.17, 15) is 15.1 Å². The maximum atomic E-state index is 13.4. The number of rotatable bonds is 16. The largest absolute Gasteiger partial charge is 0.508 e. The number of likely N-dealkylation sites (tertiary alicyclic amines) is 6. The highest BCUT2D eigenvalue weighted by Crippen LogP contribution is 2.58. The van der Waals surface area contributed by atoms with Crippen molar-refractivity contribution in [2.24, 2.45) is 46.1 Å². The molecule has 0 radical (unpaired) electrons. The molecule has 9 rings (SSSR count). The molecule has 2 N–H and O–H groups in total. The lowest BCUT2D eigenvalue weighted by Gasteiger charge is -2.54. The van der Waals surface area contributed by atoms with Gasteiger partial charge in [-0.2, -0.15) is 4.91 Å². The van der Waals surface area contributed by atoms with Gasteiger partial charge in [0.25, 0.3) is 0 Å². The predicted molar refractivity (Wildman–Crippen MR) is 271 cm³/mol. The molecule has 6 heterocycles. The summed E-state index contributed by atoms with van der Waals surface area (Å²) in [5.74, 6) is 2.01. The molecule has 6 aliphatic heterocycles. The normalized spacial score (nSPS) is 35.8. The fourth-order valence-corrected chi connectivity index (χ4v) is 15.5. The van der Waals surface area contributed by atoms with Crippen LogP contribution in [0, 0.1) is 45.8 Å². The second-order valence-electron chi connectivity index (χ2n) is 24.0. The van der Waals surface area contributed by atoms with E-state index in [2.05, 4.69) is 53.7 Å². The fraction of sp³-hybridized carbons (Fsp3) is 0.893. The van der Waals surface area contributed by atoms with Crippen molar-refractivity contribution in [1.29, 1.82) is 0 Å². The van der Waals surface area contributed by atoms with Crippen LogP contribution in [0.1, 0.15) is 148 Å². The van der Waals surface area contributed by atoms with Crippen molar-refractivity contribution < 1.29 is 10.2 Å². The van der Waals surface area contributed by atoms with Crippen LogP contribution in [0.15, 0.2) is 39.8 Å². The molecule has 66 heavy (non-hydrogen) atoms. The van der Waals surface area contributed by atoms with Crippen molar-refractivity contribution in [2.75, 3.05) is 118 Å². The van der Waals surface area contributed by atoms with Gasteiger partial charge >= 0.3 is 0 Å². The van der Waals surface area contributed by atoms with E-state index in [1.165, 1.54) is 127 Å². The molecular formula is C56H95N7O3. The zero-order valence-electron chi connectivity index (χ0n) is 42.0. The van der Waals surface area contributed by atoms with Gasteiger partial charge in [-0.25, -0.2) is 0 Å². The quantitative estimate of drug-likeness (QED) is 0.116. The fourth-order valence-electron chi connectivity index (χ4n) is 15.5. The summed E-state index contributed by atoms with van der Waals surface area (Å²) in [5, 5.41) is 29.4. The summed E-state index contributed by atoms with van der Waals surface area (Å²) in [6, 6.07) is -0.148. The van der Waals surface area contributed by atoms with E-state index in [0.29, 0.717) is 11.7 Å². The Kier molecular flexibility index (Phi) is 17.9. The average Bonchev–Trinajstić information content (AvgIpc) is 3.35. The zero-order chi connectivity index (χ0) is 45.3. The number of nitroso groups, excluding NO2 is 1. The van der Waals surface area contributed by atoms with Gasteiger partial charge in [0.05, 0.1) is 12.1 Å². The van der Waals surface area contributed by atoms with Gasteiger partial charge in [0, 0.05) is 56.7 Å². The van der Waals surface area contributed by atoms with Gasteiger partial charge < -0.3 is 29.8 Å². The molecule has 0 aromatic heterocycles. The summed E-state index contributed by atoms with van der Waals surface area (Å²) in [4.78, 5) is 29.5. The molecule has 0 spiro atoms. The van der Waals surface area contributed by atoms with Crippen LogP contribution in [0.4, 0.5) is 0 Å². The topological polar surface area (TPSA) is 89.3 Å². The van der Waals surface area contributed by atoms with Crippen molar-refractivity contribution in [3.05, 3.63) is 39.5 Å². The van der Waals surface area contributed by atoms with Crippen LogP contribution in [0.5, 0.6) is 0 Å². The van der Waals surface area contributed by atoms with Crippen molar-refractivity contribution in [3.63, 3.8) is 0 Å². The number of hydrogen-bond donors (Lipinski definition) is 2. The molecule has 372 valence electrons. The van der Waals surface area contributed by atoms with Gasteiger partial charge in [-0.1, -0.05) is 68.4 Å². The number of nitrogens with zero attached hydrogens (tertiary/aromatic N) is 7. The molecular weight excluding hydrogens is 819 g/mol. The molecule has 6 unspecified atom stereocenters. The van der Waals surface area contributed by atoms with E-state index in [4.69, 9.17) is 0 Å². The molecule has 1 saturated carbocycles. The number of hydrogen-bond acceptors (Lipinski definition) is 10. The van der Waals surface area contributed by atoms with Crippen LogP contribution in [0.25, 0.3) is 0 Å². The minimum absolute atomic E-state index is 0.111. The SMILES string of the molecule is C[C@@](C1=CC(CN2CCCCC2)C(O)C(CN2CCCCC2)C1)(C1C=C(CN2CCCCC2)C(O)=C(CN2CCCCC2)C1)C1CC(CN2CCCCC2)C(N=O)C(CN2CCCCC2)C1. The lowest BCUT2D eigenvalue weighted by Crippen LogP contribution is -2.53. The predicted octanol–water partition coefficient (Wildman–Crippen LogP) is 9.37. The van der Waals surface area contributed by atoms with Crippen LogP contribution < -0.4 is 0 Å². The van der Waals surface area contributed by atoms with Gasteiger partial charge in [0.15, 0.2) is 0 Å². The minimum Gasteiger partial charge on any atom is -0.508 e. The molecule has 0 bridgehead atoms. The van der Waals surface area contributed by atoms with E-state index in [1.807, 2.05) is 0 Å². The third kappa shape index (κ3) is 12.3. The van der Waals surface area contributed by atoms with E-state index >= 15 is 0 Å². The van der Waals surface area contributed by atoms with Gasteiger partial charge in [-0.3, -0.25) is 9.80 Å². The third-order valence-electron chi connectivity index (χ3n) is 19.3. The molecule has 3 aliphatic carbocycles. The summed E-state index contributed by atoms with van der Waals surface area (Å²) < 4.78 is 0. The molecule has 10 heteroatoms. The second kappa shape index (κ2) is 24.0. The molecule has 7 fully saturated rings. The molecule has 0 amide bonds. The smallest absolute Gasteiger partial charge is 0.120 e. The Balaban J connectivity index is 1.14. The lowest BCUT2D eigenvalue weighted by atomic mass is 9.52. The summed E-state index contributed by atoms with van der Waals surface area (Å²) in [6.07, 6.45) is 31.9. The number of allylic oxidation sites excluding steroid dienone is 2. The Labute approximate surface area is 402 Å². The maximum absolute atomic E-state index is 13.4. The van der Waals surface area contributed by atoms with Crippen LogP contribution in [0.2, 0.25) is 0 Å². The first kappa shape index (κ1) is 49.3. The van der Waals surface area contributed by atoms with Gasteiger partial charge in [0.1, 0.15) is 5.76 Å². The summed E-state index contributed by atoms with van der Waals surface area (Å²) in [5.41, 5.74) is 3.85. The Hall–Kier alpha value is -1.66. The van der Waals surface area contributed by atoms with Crippen molar-refractivity contribution >= 4 is 0 Å². The highest BCUT2D eigenvalue weighted by Gasteiger charge is 2.53. The Morgan fingerprint density at radius 2 is 0.939 bits per heavy atom. The molecule has 0 aromatic carbocycles. The molecule has 6 saturated heterocycles. The van der Waals surface area contributed by atoms with Crippen LogP contribution in [-0.2, 0) is 0 Å². The molecule has 0 aromatic rings. The van der Waals surface area contributed by atoms with Crippen molar-refractivity contribution in [1.82, 2.24) is 29.4 Å². The first-order valence-corrected chi connectivity index (χ1v) is 28.5. The lowest BCUT2D eigenvalue weighted by molar-refractivity contribution is -0.00258. The monoisotopic (exact) mass is 914 g/mol. The van der Waals surface area contributed by atoms with E-state index in [-0.39, 0.29) is 47.2 Å². The molecule has 7 atom stereocenters. The van der Waals surface area contributed by atoms with Crippen LogP contribution in [0.3, 0.4) is 0 Å². The summed E-state index contributed by atoms with van der Waals surface area (Å²) >= 11 is 0. The Morgan fingerprint density at radius 1 is 0.530 bits per heavy atom. The zero-order valence-corrected chi connectivity index (χ0v) is 42.0. The molecule has 9 aliphatic rings. The summed E-state index contributed by atoms with van der Waals surface area (Å²) in [6.45, 7) is 22.0. The summed E-state index contributed by atoms with van der Waals surface area (Å²) in [7, 11) is 0. The Bertz CT molecular complexity index is 1590. The second-order valence-corrected chi connectivity index (χ2v) is 24.0. The van der Waals surface area contributed by atoms with Gasteiger partial charge in [0.2, 0.25) is 0 Å². The van der Waals surface area contributed by atoms with Gasteiger partial charge in [-0.15, -0.1) is 0 Å². The van der Waals surface area contributed by atoms with E-state index in [1.54, 1.807) is 5.57 Å². The van der Waals surface area contributed by atoms with Crippen molar-refractivity contribution in [2.45, 2.75) is 160 Å². The highest BCUT2D eigenvalue weighted by molar-refractivity contribution is 5.40. The average molecular weight is 914 g/mol. The van der Waals surface area contributed by atoms with E-state index < -0.39 is 0 Å². The van der Waals surface area contributed by atoms with Crippen LogP contribution >= 0.6 is 0 Å². The van der Waals surface area contributed by atoms with Crippen LogP contribution in [-0.4, -0.2) is 170 Å². The minimum atomic E-state index is -0.342. The van der Waals surface area contributed by atoms with E-state index in [0.717, 1.165) is 143 Å². The third-order valence-corrected chi connectivity index (χ3v) is 19.3. The Morgan fingerprint density at radius 3 is 1.39 bits per heavy atom. The number of aliphatic hydroxyl groups is 2. The number of aliphatic hydroxyl groups excluding tert-OH is 2.